The third-order valence-electron chi connectivity index (χ3n) is 2.46. The van der Waals surface area contributed by atoms with Crippen LogP contribution in [0.4, 0.5) is 4.79 Å². The van der Waals surface area contributed by atoms with E-state index in [1.165, 1.54) is 6.20 Å². The lowest BCUT2D eigenvalue weighted by Gasteiger charge is -2.24. The molecule has 1 aliphatic heterocycles. The van der Waals surface area contributed by atoms with Gasteiger partial charge < -0.3 is 10.2 Å². The maximum Gasteiger partial charge on any atom is 0.413 e. The molecule has 0 saturated carbocycles. The Balaban J connectivity index is 2.43. The standard InChI is InChI=1S/C12H10N2O4/c15-11(16)9-6-13-10(14(7-9)12(17)18)8-4-2-1-3-5-8/h1-6H,7H2,(H,15,16)(H,17,18). The molecule has 0 radical (unpaired) electrons. The molecule has 1 heterocycles. The predicted octanol–water partition coefficient (Wildman–Crippen LogP) is 1.40. The van der Waals surface area contributed by atoms with Gasteiger partial charge in [-0.05, 0) is 0 Å². The fourth-order valence-corrected chi connectivity index (χ4v) is 1.59. The van der Waals surface area contributed by atoms with E-state index in [1.807, 2.05) is 0 Å². The van der Waals surface area contributed by atoms with E-state index in [0.717, 1.165) is 4.90 Å². The number of aliphatic imine (C=N–C) groups is 1. The minimum atomic E-state index is -1.23. The smallest absolute Gasteiger partial charge is 0.413 e. The summed E-state index contributed by atoms with van der Waals surface area (Å²) in [5.74, 6) is -0.940. The van der Waals surface area contributed by atoms with Crippen LogP contribution < -0.4 is 0 Å². The summed E-state index contributed by atoms with van der Waals surface area (Å²) < 4.78 is 0. The zero-order chi connectivity index (χ0) is 13.1. The van der Waals surface area contributed by atoms with Gasteiger partial charge in [-0.25, -0.2) is 14.6 Å². The summed E-state index contributed by atoms with van der Waals surface area (Å²) in [5, 5.41) is 17.9. The quantitative estimate of drug-likeness (QED) is 0.825. The van der Waals surface area contributed by atoms with Crippen molar-refractivity contribution < 1.29 is 19.8 Å². The van der Waals surface area contributed by atoms with Gasteiger partial charge in [-0.2, -0.15) is 0 Å². The maximum absolute atomic E-state index is 11.1. The summed E-state index contributed by atoms with van der Waals surface area (Å²) in [5.41, 5.74) is 0.567. The highest BCUT2D eigenvalue weighted by Crippen LogP contribution is 2.14. The zero-order valence-electron chi connectivity index (χ0n) is 9.28. The predicted molar refractivity (Wildman–Crippen MR) is 63.4 cm³/mol. The lowest BCUT2D eigenvalue weighted by molar-refractivity contribution is -0.132. The number of nitrogens with zero attached hydrogens (tertiary/aromatic N) is 2. The highest BCUT2D eigenvalue weighted by molar-refractivity contribution is 6.08. The van der Waals surface area contributed by atoms with Gasteiger partial charge in [0.2, 0.25) is 0 Å². The van der Waals surface area contributed by atoms with E-state index in [1.54, 1.807) is 30.3 Å². The lowest BCUT2D eigenvalue weighted by atomic mass is 10.1. The van der Waals surface area contributed by atoms with Crippen molar-refractivity contribution in [2.75, 3.05) is 6.54 Å². The van der Waals surface area contributed by atoms with Crippen molar-refractivity contribution in [1.29, 1.82) is 0 Å². The van der Waals surface area contributed by atoms with Gasteiger partial charge in [0.1, 0.15) is 5.84 Å². The van der Waals surface area contributed by atoms with Crippen LogP contribution in [-0.2, 0) is 4.79 Å². The number of hydrogen-bond acceptors (Lipinski definition) is 3. The summed E-state index contributed by atoms with van der Waals surface area (Å²) in [4.78, 5) is 26.8. The highest BCUT2D eigenvalue weighted by Gasteiger charge is 2.26. The summed E-state index contributed by atoms with van der Waals surface area (Å²) >= 11 is 0. The van der Waals surface area contributed by atoms with Gasteiger partial charge in [0, 0.05) is 11.8 Å². The van der Waals surface area contributed by atoms with Gasteiger partial charge in [-0.1, -0.05) is 30.3 Å². The Kier molecular flexibility index (Phi) is 3.09. The topological polar surface area (TPSA) is 90.2 Å². The monoisotopic (exact) mass is 246 g/mol. The molecule has 0 aliphatic carbocycles. The molecule has 18 heavy (non-hydrogen) atoms. The van der Waals surface area contributed by atoms with Crippen molar-refractivity contribution in [3.8, 4) is 0 Å². The third kappa shape index (κ3) is 2.22. The molecule has 0 saturated heterocycles. The average Bonchev–Trinajstić information content (AvgIpc) is 2.39. The van der Waals surface area contributed by atoms with Crippen LogP contribution in [0.5, 0.6) is 0 Å². The molecule has 0 atom stereocenters. The Morgan fingerprint density at radius 2 is 1.83 bits per heavy atom. The van der Waals surface area contributed by atoms with Gasteiger partial charge in [0.15, 0.2) is 0 Å². The Morgan fingerprint density at radius 1 is 1.17 bits per heavy atom. The molecule has 0 aromatic heterocycles. The normalized spacial score (nSPS) is 14.8. The van der Waals surface area contributed by atoms with Crippen LogP contribution in [0.25, 0.3) is 0 Å². The van der Waals surface area contributed by atoms with Crippen molar-refractivity contribution in [2.24, 2.45) is 4.99 Å². The minimum Gasteiger partial charge on any atom is -0.478 e. The van der Waals surface area contributed by atoms with Crippen molar-refractivity contribution >= 4 is 17.9 Å². The van der Waals surface area contributed by atoms with Crippen molar-refractivity contribution in [2.45, 2.75) is 0 Å². The van der Waals surface area contributed by atoms with Gasteiger partial charge in [-0.15, -0.1) is 0 Å². The van der Waals surface area contributed by atoms with Crippen LogP contribution in [0.3, 0.4) is 0 Å². The largest absolute Gasteiger partial charge is 0.478 e. The second-order valence-corrected chi connectivity index (χ2v) is 3.65. The second kappa shape index (κ2) is 4.70. The molecule has 92 valence electrons. The number of amidine groups is 1. The van der Waals surface area contributed by atoms with Gasteiger partial charge in [0.25, 0.3) is 0 Å². The van der Waals surface area contributed by atoms with Crippen LogP contribution in [-0.4, -0.2) is 39.6 Å². The van der Waals surface area contributed by atoms with Crippen LogP contribution >= 0.6 is 0 Å². The van der Waals surface area contributed by atoms with E-state index in [0.29, 0.717) is 5.56 Å². The Bertz CT molecular complexity index is 548. The molecule has 0 fully saturated rings. The van der Waals surface area contributed by atoms with Gasteiger partial charge in [0.05, 0.1) is 12.1 Å². The summed E-state index contributed by atoms with van der Waals surface area (Å²) in [7, 11) is 0. The molecule has 2 N–H and O–H groups in total. The third-order valence-corrected chi connectivity index (χ3v) is 2.46. The molecule has 6 heteroatoms. The molecule has 0 spiro atoms. The van der Waals surface area contributed by atoms with Gasteiger partial charge >= 0.3 is 12.1 Å². The highest BCUT2D eigenvalue weighted by atomic mass is 16.4. The van der Waals surface area contributed by atoms with E-state index in [9.17, 15) is 9.59 Å². The fourth-order valence-electron chi connectivity index (χ4n) is 1.59. The number of hydrogen-bond donors (Lipinski definition) is 2. The van der Waals surface area contributed by atoms with E-state index in [4.69, 9.17) is 10.2 Å². The van der Waals surface area contributed by atoms with Crippen molar-refractivity contribution in [3.05, 3.63) is 47.7 Å². The molecular formula is C12H10N2O4. The maximum atomic E-state index is 11.1. The SMILES string of the molecule is O=C(O)C1=CN=C(c2ccccc2)N(C(=O)O)C1. The fraction of sp³-hybridized carbons (Fsp3) is 0.0833. The molecule has 0 unspecified atom stereocenters. The van der Waals surface area contributed by atoms with E-state index < -0.39 is 12.1 Å². The number of rotatable bonds is 2. The van der Waals surface area contributed by atoms with E-state index in [2.05, 4.69) is 4.99 Å². The van der Waals surface area contributed by atoms with Gasteiger partial charge in [-0.3, -0.25) is 4.90 Å². The summed E-state index contributed by atoms with van der Waals surface area (Å²) in [6.45, 7) is -0.210. The number of carbonyl (C=O) groups is 2. The minimum absolute atomic E-state index is 0.0583. The molecule has 1 aromatic carbocycles. The summed E-state index contributed by atoms with van der Waals surface area (Å²) in [6.07, 6.45) is -0.0474. The number of benzene rings is 1. The van der Waals surface area contributed by atoms with Crippen LogP contribution in [0, 0.1) is 0 Å². The van der Waals surface area contributed by atoms with Crippen LogP contribution in [0.2, 0.25) is 0 Å². The number of carboxylic acid groups (broad SMARTS) is 2. The first-order chi connectivity index (χ1) is 8.59. The van der Waals surface area contributed by atoms with Crippen molar-refractivity contribution in [3.63, 3.8) is 0 Å². The molecular weight excluding hydrogens is 236 g/mol. The molecule has 0 bridgehead atoms. The molecule has 6 nitrogen and oxygen atoms in total. The average molecular weight is 246 g/mol. The van der Waals surface area contributed by atoms with Crippen LogP contribution in [0.1, 0.15) is 5.56 Å². The first-order valence-electron chi connectivity index (χ1n) is 5.15. The zero-order valence-corrected chi connectivity index (χ0v) is 9.28. The Hall–Kier alpha value is -2.63. The lowest BCUT2D eigenvalue weighted by Crippen LogP contribution is -2.40. The molecule has 2 rings (SSSR count). The second-order valence-electron chi connectivity index (χ2n) is 3.65. The summed E-state index contributed by atoms with van der Waals surface area (Å²) in [6, 6.07) is 8.75. The molecule has 1 aromatic rings. The van der Waals surface area contributed by atoms with E-state index in [-0.39, 0.29) is 18.0 Å². The Morgan fingerprint density at radius 3 is 2.39 bits per heavy atom. The Labute approximate surface area is 102 Å². The van der Waals surface area contributed by atoms with Crippen molar-refractivity contribution in [1.82, 2.24) is 4.90 Å². The van der Waals surface area contributed by atoms with E-state index >= 15 is 0 Å². The first-order valence-corrected chi connectivity index (χ1v) is 5.15. The number of carboxylic acids is 1. The first kappa shape index (κ1) is 11.8. The van der Waals surface area contributed by atoms with Crippen LogP contribution in [0.15, 0.2) is 47.1 Å². The number of amides is 1. The molecule has 1 amide bonds. The number of aliphatic carboxylic acids is 1. The molecule has 1 aliphatic rings.